The number of hydrogen-bond acceptors (Lipinski definition) is 8. The maximum absolute atomic E-state index is 14.0. The number of furan rings is 1. The topological polar surface area (TPSA) is 132 Å². The van der Waals surface area contributed by atoms with Crippen LogP contribution < -0.4 is 5.73 Å². The Morgan fingerprint density at radius 1 is 1.09 bits per heavy atom. The SMILES string of the molecule is CC1(C)C(=O)C=CC2(C)C1=C(O)C(=O)C1(C)C2CCC2(C)C(c3ccoc3)CC3OC321.CCCCOC(=O)c1ccc(N)cc1. The second kappa shape index (κ2) is 10.4. The van der Waals surface area contributed by atoms with Crippen LogP contribution in [0.4, 0.5) is 5.69 Å². The molecule has 45 heavy (non-hydrogen) atoms. The molecule has 8 nitrogen and oxygen atoms in total. The molecule has 2 saturated carbocycles. The molecule has 5 aliphatic rings. The molecule has 0 bridgehead atoms. The van der Waals surface area contributed by atoms with Crippen LogP contribution >= 0.6 is 0 Å². The van der Waals surface area contributed by atoms with E-state index in [0.717, 1.165) is 32.1 Å². The van der Waals surface area contributed by atoms with E-state index in [1.165, 1.54) is 5.56 Å². The summed E-state index contributed by atoms with van der Waals surface area (Å²) in [7, 11) is 0. The number of Topliss-reactive ketones (excluding diaryl/α,β-unsaturated/α-hetero) is 1. The van der Waals surface area contributed by atoms with E-state index in [4.69, 9.17) is 19.6 Å². The Bertz CT molecular complexity index is 1590. The highest BCUT2D eigenvalue weighted by molar-refractivity contribution is 6.06. The van der Waals surface area contributed by atoms with Crippen LogP contribution in [0.1, 0.15) is 95.5 Å². The Labute approximate surface area is 265 Å². The van der Waals surface area contributed by atoms with Gasteiger partial charge in [0.05, 0.1) is 41.6 Å². The van der Waals surface area contributed by atoms with Gasteiger partial charge in [-0.3, -0.25) is 9.59 Å². The summed E-state index contributed by atoms with van der Waals surface area (Å²) in [6.07, 6.45) is 11.7. The van der Waals surface area contributed by atoms with Crippen molar-refractivity contribution in [1.82, 2.24) is 0 Å². The van der Waals surface area contributed by atoms with Crippen LogP contribution in [-0.2, 0) is 19.1 Å². The molecule has 4 aliphatic carbocycles. The van der Waals surface area contributed by atoms with Crippen molar-refractivity contribution in [1.29, 1.82) is 0 Å². The van der Waals surface area contributed by atoms with Crippen molar-refractivity contribution in [2.24, 2.45) is 27.6 Å². The lowest BCUT2D eigenvalue weighted by Crippen LogP contribution is -2.66. The Kier molecular flexibility index (Phi) is 7.27. The van der Waals surface area contributed by atoms with Crippen LogP contribution in [0.15, 0.2) is 70.8 Å². The number of ether oxygens (including phenoxy) is 2. The summed E-state index contributed by atoms with van der Waals surface area (Å²) in [5.41, 5.74) is 5.30. The molecule has 7 unspecified atom stereocenters. The van der Waals surface area contributed by atoms with Gasteiger partial charge in [-0.1, -0.05) is 33.3 Å². The van der Waals surface area contributed by atoms with Gasteiger partial charge in [-0.2, -0.15) is 0 Å². The fraction of sp³-hybridized carbons (Fsp3) is 0.541. The first kappa shape index (κ1) is 31.3. The molecule has 1 saturated heterocycles. The highest BCUT2D eigenvalue weighted by Crippen LogP contribution is 2.81. The second-order valence-electron chi connectivity index (χ2n) is 14.7. The summed E-state index contributed by atoms with van der Waals surface area (Å²) in [5.74, 6) is -0.591. The van der Waals surface area contributed by atoms with Gasteiger partial charge in [0.1, 0.15) is 5.60 Å². The molecule has 2 aromatic rings. The van der Waals surface area contributed by atoms with Crippen molar-refractivity contribution in [2.45, 2.75) is 91.3 Å². The zero-order valence-corrected chi connectivity index (χ0v) is 27.1. The van der Waals surface area contributed by atoms with Crippen molar-refractivity contribution in [3.8, 4) is 0 Å². The quantitative estimate of drug-likeness (QED) is 0.157. The van der Waals surface area contributed by atoms with E-state index < -0.39 is 21.8 Å². The average molecular weight is 616 g/mol. The number of unbranched alkanes of at least 4 members (excludes halogenated alkanes) is 1. The van der Waals surface area contributed by atoms with E-state index in [9.17, 15) is 19.5 Å². The molecule has 7 rings (SSSR count). The monoisotopic (exact) mass is 615 g/mol. The van der Waals surface area contributed by atoms with Gasteiger partial charge >= 0.3 is 5.97 Å². The Hall–Kier alpha value is -3.65. The molecular formula is C37H45NO7. The number of fused-ring (bicyclic) bond motifs is 3. The third-order valence-electron chi connectivity index (χ3n) is 12.0. The summed E-state index contributed by atoms with van der Waals surface area (Å²) in [4.78, 5) is 38.1. The van der Waals surface area contributed by atoms with E-state index in [2.05, 4.69) is 20.8 Å². The minimum Gasteiger partial charge on any atom is -0.504 e. The van der Waals surface area contributed by atoms with Crippen molar-refractivity contribution < 1.29 is 33.4 Å². The number of aliphatic hydroxyl groups is 1. The van der Waals surface area contributed by atoms with Crippen LogP contribution in [0.3, 0.4) is 0 Å². The summed E-state index contributed by atoms with van der Waals surface area (Å²) in [6.45, 7) is 12.6. The van der Waals surface area contributed by atoms with Crippen LogP contribution in [0.25, 0.3) is 0 Å². The lowest BCUT2D eigenvalue weighted by molar-refractivity contribution is -0.162. The molecule has 1 aliphatic heterocycles. The number of rotatable bonds is 5. The van der Waals surface area contributed by atoms with Gasteiger partial charge in [0.15, 0.2) is 11.5 Å². The first-order chi connectivity index (χ1) is 21.2. The predicted octanol–water partition coefficient (Wildman–Crippen LogP) is 7.12. The summed E-state index contributed by atoms with van der Waals surface area (Å²) in [6, 6.07) is 8.75. The van der Waals surface area contributed by atoms with Crippen LogP contribution in [-0.4, -0.2) is 41.0 Å². The first-order valence-corrected chi connectivity index (χ1v) is 16.2. The number of hydrogen-bond donors (Lipinski definition) is 2. The van der Waals surface area contributed by atoms with Crippen molar-refractivity contribution >= 4 is 23.2 Å². The maximum Gasteiger partial charge on any atom is 0.338 e. The van der Waals surface area contributed by atoms with E-state index in [1.807, 2.05) is 39.2 Å². The number of epoxide rings is 1. The molecule has 240 valence electrons. The minimum atomic E-state index is -0.901. The number of allylic oxidation sites excluding steroid dienone is 4. The Morgan fingerprint density at radius 2 is 1.80 bits per heavy atom. The normalized spacial score (nSPS) is 37.1. The van der Waals surface area contributed by atoms with Gasteiger partial charge in [0, 0.05) is 16.5 Å². The van der Waals surface area contributed by atoms with Crippen molar-refractivity contribution in [3.05, 3.63) is 77.5 Å². The summed E-state index contributed by atoms with van der Waals surface area (Å²) >= 11 is 0. The second-order valence-corrected chi connectivity index (χ2v) is 14.7. The van der Waals surface area contributed by atoms with Gasteiger partial charge in [-0.15, -0.1) is 0 Å². The van der Waals surface area contributed by atoms with E-state index >= 15 is 0 Å². The average Bonchev–Trinajstić information content (AvgIpc) is 3.35. The van der Waals surface area contributed by atoms with Gasteiger partial charge in [-0.05, 0) is 106 Å². The van der Waals surface area contributed by atoms with Crippen LogP contribution in [0.5, 0.6) is 0 Å². The van der Waals surface area contributed by atoms with Gasteiger partial charge in [-0.25, -0.2) is 4.79 Å². The molecular weight excluding hydrogens is 570 g/mol. The lowest BCUT2D eigenvalue weighted by atomic mass is 9.39. The molecule has 1 aromatic heterocycles. The van der Waals surface area contributed by atoms with E-state index in [-0.39, 0.29) is 46.6 Å². The third kappa shape index (κ3) is 4.17. The molecule has 2 heterocycles. The zero-order chi connectivity index (χ0) is 32.6. The number of carbonyl (C=O) groups is 3. The predicted molar refractivity (Wildman–Crippen MR) is 169 cm³/mol. The highest BCUT2D eigenvalue weighted by Gasteiger charge is 2.87. The van der Waals surface area contributed by atoms with Crippen molar-refractivity contribution in [3.63, 3.8) is 0 Å². The van der Waals surface area contributed by atoms with E-state index in [0.29, 0.717) is 23.4 Å². The number of nitrogen functional groups attached to an aromatic ring is 1. The van der Waals surface area contributed by atoms with Crippen molar-refractivity contribution in [2.75, 3.05) is 12.3 Å². The molecule has 1 spiro atoms. The standard InChI is InChI=1S/C26H30O5.C11H15NO2/c1-22(2)17(27)7-9-23(3)16-6-10-24(4)15(14-8-11-30-13-14)12-18-26(24,31-18)25(16,5)21(29)19(28)20(22)23;1-2-3-8-14-11(13)9-4-6-10(12)7-5-9/h7-9,11,13,15-16,18,28H,6,10,12H2,1-5H3;4-7H,2-3,8,12H2,1H3. The smallest absolute Gasteiger partial charge is 0.338 e. The first-order valence-electron chi connectivity index (χ1n) is 16.2. The highest BCUT2D eigenvalue weighted by atomic mass is 16.6. The minimum absolute atomic E-state index is 0.00527. The third-order valence-corrected chi connectivity index (χ3v) is 12.0. The van der Waals surface area contributed by atoms with Crippen LogP contribution in [0.2, 0.25) is 0 Å². The largest absolute Gasteiger partial charge is 0.504 e. The number of carbonyl (C=O) groups excluding carboxylic acids is 3. The Morgan fingerprint density at radius 3 is 2.44 bits per heavy atom. The maximum atomic E-state index is 14.0. The lowest BCUT2D eigenvalue weighted by Gasteiger charge is -2.62. The molecule has 7 atom stereocenters. The molecule has 3 fully saturated rings. The number of nitrogens with two attached hydrogens (primary N) is 1. The van der Waals surface area contributed by atoms with Gasteiger partial charge in [0.25, 0.3) is 0 Å². The number of esters is 1. The molecule has 8 heteroatoms. The Balaban J connectivity index is 0.000000216. The molecule has 0 radical (unpaired) electrons. The fourth-order valence-corrected chi connectivity index (χ4v) is 9.79. The molecule has 0 amide bonds. The molecule has 1 aromatic carbocycles. The number of benzene rings is 1. The molecule has 3 N–H and O–H groups in total. The van der Waals surface area contributed by atoms with Gasteiger partial charge in [0.2, 0.25) is 5.78 Å². The fourth-order valence-electron chi connectivity index (χ4n) is 9.79. The van der Waals surface area contributed by atoms with Gasteiger partial charge < -0.3 is 24.7 Å². The summed E-state index contributed by atoms with van der Waals surface area (Å²) < 4.78 is 16.9. The van der Waals surface area contributed by atoms with Crippen LogP contribution in [0, 0.1) is 27.6 Å². The summed E-state index contributed by atoms with van der Waals surface area (Å²) in [5, 5.41) is 11.4. The number of anilines is 1. The number of aliphatic hydroxyl groups excluding tert-OH is 1. The van der Waals surface area contributed by atoms with E-state index in [1.54, 1.807) is 36.6 Å². The number of ketones is 2. The zero-order valence-electron chi connectivity index (χ0n) is 27.1.